The Labute approximate surface area is 199 Å². The van der Waals surface area contributed by atoms with E-state index in [4.69, 9.17) is 0 Å². The van der Waals surface area contributed by atoms with E-state index in [1.165, 1.54) is 50.0 Å². The third-order valence-electron chi connectivity index (χ3n) is 6.81. The summed E-state index contributed by atoms with van der Waals surface area (Å²) in [6.45, 7) is 8.63. The maximum absolute atomic E-state index is 4.60. The number of imidazole rings is 1. The number of fused-ring (bicyclic) bond motifs is 2. The van der Waals surface area contributed by atoms with E-state index in [1.807, 2.05) is 6.33 Å². The van der Waals surface area contributed by atoms with Crippen molar-refractivity contribution in [2.75, 3.05) is 0 Å². The molecule has 4 aromatic carbocycles. The van der Waals surface area contributed by atoms with Crippen LogP contribution in [0.25, 0.3) is 44.4 Å². The first kappa shape index (κ1) is 20.5. The Hall–Kier alpha value is -4.11. The molecule has 6 aromatic rings. The molecule has 3 heteroatoms. The van der Waals surface area contributed by atoms with E-state index in [0.717, 1.165) is 16.7 Å². The van der Waals surface area contributed by atoms with Crippen molar-refractivity contribution in [3.63, 3.8) is 0 Å². The number of hydrogen-bond donors (Lipinski definition) is 0. The van der Waals surface area contributed by atoms with Gasteiger partial charge in [0.2, 0.25) is 0 Å². The zero-order valence-corrected chi connectivity index (χ0v) is 20.0. The largest absolute Gasteiger partial charge is 0.317 e. The zero-order valence-electron chi connectivity index (χ0n) is 20.0. The molecular weight excluding hydrogens is 414 g/mol. The summed E-state index contributed by atoms with van der Waals surface area (Å²) in [4.78, 5) is 4.60. The van der Waals surface area contributed by atoms with Crippen molar-refractivity contribution in [2.24, 2.45) is 0 Å². The quantitative estimate of drug-likeness (QED) is 0.274. The molecule has 0 N–H and O–H groups in total. The molecule has 0 unspecified atom stereocenters. The van der Waals surface area contributed by atoms with E-state index >= 15 is 0 Å². The lowest BCUT2D eigenvalue weighted by Crippen LogP contribution is -1.96. The second-order valence-electron chi connectivity index (χ2n) is 9.35. The predicted molar refractivity (Wildman–Crippen MR) is 142 cm³/mol. The van der Waals surface area contributed by atoms with Crippen LogP contribution in [-0.4, -0.2) is 14.1 Å². The fourth-order valence-electron chi connectivity index (χ4n) is 5.02. The maximum atomic E-state index is 4.60. The van der Waals surface area contributed by atoms with Gasteiger partial charge in [-0.05, 0) is 110 Å². The van der Waals surface area contributed by atoms with E-state index in [-0.39, 0.29) is 0 Å². The monoisotopic (exact) mass is 441 g/mol. The van der Waals surface area contributed by atoms with Crippen LogP contribution in [0, 0.1) is 27.7 Å². The van der Waals surface area contributed by atoms with Gasteiger partial charge in [0, 0.05) is 23.0 Å². The number of aromatic nitrogens is 3. The fourth-order valence-corrected chi connectivity index (χ4v) is 5.02. The Bertz CT molecular complexity index is 1570. The summed E-state index contributed by atoms with van der Waals surface area (Å²) >= 11 is 0. The molecule has 34 heavy (non-hydrogen) atoms. The average Bonchev–Trinajstić information content (AvgIpc) is 3.43. The molecule has 2 aromatic heterocycles. The number of benzene rings is 4. The summed E-state index contributed by atoms with van der Waals surface area (Å²) in [6.07, 6.45) is 4.08. The molecule has 0 saturated heterocycles. The van der Waals surface area contributed by atoms with E-state index < -0.39 is 0 Å². The Balaban J connectivity index is 1.38. The smallest absolute Gasteiger partial charge is 0.100 e. The molecular formula is C31H27N3. The molecule has 166 valence electrons. The topological polar surface area (TPSA) is 22.8 Å². The van der Waals surface area contributed by atoms with Crippen molar-refractivity contribution in [1.82, 2.24) is 14.1 Å². The normalized spacial score (nSPS) is 11.5. The average molecular weight is 442 g/mol. The first-order valence-corrected chi connectivity index (χ1v) is 11.7. The lowest BCUT2D eigenvalue weighted by Gasteiger charge is -2.14. The summed E-state index contributed by atoms with van der Waals surface area (Å²) in [7, 11) is 0. The van der Waals surface area contributed by atoms with Crippen molar-refractivity contribution in [3.8, 4) is 22.5 Å². The van der Waals surface area contributed by atoms with Gasteiger partial charge < -0.3 is 4.57 Å². The molecule has 0 aliphatic heterocycles. The van der Waals surface area contributed by atoms with Gasteiger partial charge in [-0.3, -0.25) is 4.57 Å². The van der Waals surface area contributed by atoms with Crippen LogP contribution >= 0.6 is 0 Å². The van der Waals surface area contributed by atoms with Crippen LogP contribution in [0.15, 0.2) is 91.4 Å². The highest BCUT2D eigenvalue weighted by Crippen LogP contribution is 2.31. The van der Waals surface area contributed by atoms with Gasteiger partial charge >= 0.3 is 0 Å². The van der Waals surface area contributed by atoms with Crippen LogP contribution in [0.2, 0.25) is 0 Å². The Morgan fingerprint density at radius 1 is 0.559 bits per heavy atom. The van der Waals surface area contributed by atoms with Crippen molar-refractivity contribution in [2.45, 2.75) is 27.7 Å². The minimum Gasteiger partial charge on any atom is -0.317 e. The zero-order chi connectivity index (χ0) is 23.4. The Morgan fingerprint density at radius 2 is 1.18 bits per heavy atom. The third-order valence-corrected chi connectivity index (χ3v) is 6.81. The van der Waals surface area contributed by atoms with Crippen LogP contribution in [0.4, 0.5) is 0 Å². The Morgan fingerprint density at radius 3 is 1.85 bits per heavy atom. The molecule has 0 saturated carbocycles. The van der Waals surface area contributed by atoms with Gasteiger partial charge in [-0.25, -0.2) is 4.98 Å². The second-order valence-corrected chi connectivity index (χ2v) is 9.35. The van der Waals surface area contributed by atoms with Crippen molar-refractivity contribution in [3.05, 3.63) is 114 Å². The summed E-state index contributed by atoms with van der Waals surface area (Å²) in [5.74, 6) is 0. The van der Waals surface area contributed by atoms with Gasteiger partial charge in [0.1, 0.15) is 6.33 Å². The highest BCUT2D eigenvalue weighted by atomic mass is 15.0. The van der Waals surface area contributed by atoms with E-state index in [2.05, 4.69) is 127 Å². The van der Waals surface area contributed by atoms with Crippen molar-refractivity contribution < 1.29 is 0 Å². The molecule has 0 bridgehead atoms. The maximum Gasteiger partial charge on any atom is 0.100 e. The lowest BCUT2D eigenvalue weighted by atomic mass is 9.95. The van der Waals surface area contributed by atoms with Crippen LogP contribution in [0.3, 0.4) is 0 Å². The van der Waals surface area contributed by atoms with Crippen LogP contribution in [0.5, 0.6) is 0 Å². The van der Waals surface area contributed by atoms with Gasteiger partial charge in [0.15, 0.2) is 0 Å². The third kappa shape index (κ3) is 3.32. The minimum absolute atomic E-state index is 1.03. The number of nitrogens with zero attached hydrogens (tertiary/aromatic N) is 3. The summed E-state index contributed by atoms with van der Waals surface area (Å²) in [6, 6.07) is 28.7. The molecule has 0 atom stereocenters. The SMILES string of the molecule is Cc1ccc2c(ccn2-c2ccc(-c3ccc(-n4cnc5cc(C)ccc54)cc3C)c(C)c2)c1. The molecule has 0 spiro atoms. The standard InChI is InChI=1S/C31H27N3/c1-20-5-11-30-24(15-20)13-14-33(30)25-7-9-27(22(3)17-25)28-10-8-26(18-23(28)4)34-19-32-29-16-21(2)6-12-31(29)34/h5-19H,1-4H3. The van der Waals surface area contributed by atoms with Gasteiger partial charge in [-0.15, -0.1) is 0 Å². The molecule has 0 aliphatic carbocycles. The predicted octanol–water partition coefficient (Wildman–Crippen LogP) is 7.87. The number of aryl methyl sites for hydroxylation is 4. The van der Waals surface area contributed by atoms with Gasteiger partial charge in [-0.2, -0.15) is 0 Å². The van der Waals surface area contributed by atoms with E-state index in [9.17, 15) is 0 Å². The minimum atomic E-state index is 1.03. The Kier molecular flexibility index (Phi) is 4.66. The number of hydrogen-bond acceptors (Lipinski definition) is 1. The lowest BCUT2D eigenvalue weighted by molar-refractivity contribution is 1.09. The molecule has 0 radical (unpaired) electrons. The summed E-state index contributed by atoms with van der Waals surface area (Å²) in [5.41, 5.74) is 13.3. The van der Waals surface area contributed by atoms with Crippen LogP contribution in [0.1, 0.15) is 22.3 Å². The van der Waals surface area contributed by atoms with Crippen molar-refractivity contribution >= 4 is 21.9 Å². The molecule has 0 fully saturated rings. The van der Waals surface area contributed by atoms with Crippen LogP contribution < -0.4 is 0 Å². The molecule has 2 heterocycles. The van der Waals surface area contributed by atoms with Crippen LogP contribution in [-0.2, 0) is 0 Å². The fraction of sp³-hybridized carbons (Fsp3) is 0.129. The number of rotatable bonds is 3. The van der Waals surface area contributed by atoms with Gasteiger partial charge in [0.25, 0.3) is 0 Å². The van der Waals surface area contributed by atoms with E-state index in [1.54, 1.807) is 0 Å². The van der Waals surface area contributed by atoms with Gasteiger partial charge in [-0.1, -0.05) is 29.8 Å². The first-order valence-electron chi connectivity index (χ1n) is 11.7. The second kappa shape index (κ2) is 7.74. The van der Waals surface area contributed by atoms with Gasteiger partial charge in [0.05, 0.1) is 16.6 Å². The molecule has 6 rings (SSSR count). The molecule has 0 aliphatic rings. The summed E-state index contributed by atoms with van der Waals surface area (Å²) < 4.78 is 4.44. The first-order chi connectivity index (χ1) is 16.5. The van der Waals surface area contributed by atoms with E-state index in [0.29, 0.717) is 0 Å². The highest BCUT2D eigenvalue weighted by Gasteiger charge is 2.11. The van der Waals surface area contributed by atoms with Crippen molar-refractivity contribution in [1.29, 1.82) is 0 Å². The summed E-state index contributed by atoms with van der Waals surface area (Å²) in [5, 5.41) is 1.27. The molecule has 0 amide bonds. The molecule has 3 nitrogen and oxygen atoms in total. The highest BCUT2D eigenvalue weighted by molar-refractivity contribution is 5.83.